The van der Waals surface area contributed by atoms with Gasteiger partial charge in [-0.1, -0.05) is 12.2 Å². The molecule has 7 nitrogen and oxygen atoms in total. The number of hydrogen-bond acceptors (Lipinski definition) is 7. The van der Waals surface area contributed by atoms with Crippen molar-refractivity contribution in [2.45, 2.75) is 50.0 Å². The molecule has 0 aromatic rings. The summed E-state index contributed by atoms with van der Waals surface area (Å²) < 4.78 is 16.9. The van der Waals surface area contributed by atoms with Crippen LogP contribution in [-0.4, -0.2) is 71.6 Å². The van der Waals surface area contributed by atoms with Crippen LogP contribution >= 0.6 is 0 Å². The zero-order valence-corrected chi connectivity index (χ0v) is 14.5. The minimum absolute atomic E-state index is 0.0233. The molecule has 4 atom stereocenters. The number of hydrogen-bond donors (Lipinski definition) is 1. The number of epoxide rings is 1. The Labute approximate surface area is 146 Å². The first-order chi connectivity index (χ1) is 11.9. The van der Waals surface area contributed by atoms with E-state index in [1.54, 1.807) is 19.9 Å². The van der Waals surface area contributed by atoms with Crippen molar-refractivity contribution in [3.05, 3.63) is 23.3 Å². The van der Waals surface area contributed by atoms with Gasteiger partial charge in [0.15, 0.2) is 5.60 Å². The highest BCUT2D eigenvalue weighted by molar-refractivity contribution is 5.90. The lowest BCUT2D eigenvalue weighted by Gasteiger charge is -2.26. The summed E-state index contributed by atoms with van der Waals surface area (Å²) in [5, 5.41) is 9.80. The van der Waals surface area contributed by atoms with Crippen LogP contribution in [0, 0.1) is 0 Å². The Morgan fingerprint density at radius 3 is 2.96 bits per heavy atom. The molecule has 4 heterocycles. The third-order valence-corrected chi connectivity index (χ3v) is 6.00. The molecule has 0 aromatic carbocycles. The zero-order valence-electron chi connectivity index (χ0n) is 14.5. The van der Waals surface area contributed by atoms with Crippen molar-refractivity contribution in [2.24, 2.45) is 0 Å². The number of rotatable bonds is 1. The predicted octanol–water partition coefficient (Wildman–Crippen LogP) is 0.326. The van der Waals surface area contributed by atoms with Gasteiger partial charge < -0.3 is 19.3 Å². The molecule has 25 heavy (non-hydrogen) atoms. The quantitative estimate of drug-likeness (QED) is 0.316. The minimum atomic E-state index is -1.25. The fraction of sp³-hybridized carbons (Fsp3) is 0.667. The predicted molar refractivity (Wildman–Crippen MR) is 86.6 cm³/mol. The summed E-state index contributed by atoms with van der Waals surface area (Å²) in [5.74, 6) is -0.903. The van der Waals surface area contributed by atoms with E-state index in [1.807, 2.05) is 6.08 Å². The molecule has 0 aromatic heterocycles. The molecular formula is C18H23NO6. The summed E-state index contributed by atoms with van der Waals surface area (Å²) in [7, 11) is 0. The summed E-state index contributed by atoms with van der Waals surface area (Å²) >= 11 is 0. The first-order valence-electron chi connectivity index (χ1n) is 8.71. The van der Waals surface area contributed by atoms with Crippen molar-refractivity contribution >= 4 is 11.9 Å². The van der Waals surface area contributed by atoms with Gasteiger partial charge in [-0.3, -0.25) is 4.90 Å². The number of aliphatic hydroxyl groups excluding tert-OH is 1. The van der Waals surface area contributed by atoms with Gasteiger partial charge in [0.05, 0.1) is 12.6 Å². The second-order valence-corrected chi connectivity index (χ2v) is 7.31. The van der Waals surface area contributed by atoms with Gasteiger partial charge in [0.25, 0.3) is 0 Å². The monoisotopic (exact) mass is 349 g/mol. The molecule has 0 radical (unpaired) electrons. The van der Waals surface area contributed by atoms with Gasteiger partial charge in [-0.05, 0) is 25.8 Å². The Balaban J connectivity index is 1.67. The molecule has 0 bridgehead atoms. The van der Waals surface area contributed by atoms with E-state index >= 15 is 0 Å². The minimum Gasteiger partial charge on any atom is -0.459 e. The van der Waals surface area contributed by atoms with Gasteiger partial charge in [-0.15, -0.1) is 0 Å². The summed E-state index contributed by atoms with van der Waals surface area (Å²) in [6, 6.07) is -0.0233. The number of ether oxygens (including phenoxy) is 3. The van der Waals surface area contributed by atoms with Crippen LogP contribution < -0.4 is 0 Å². The third-order valence-electron chi connectivity index (χ3n) is 6.00. The molecule has 0 saturated carbocycles. The molecule has 4 aliphatic rings. The van der Waals surface area contributed by atoms with Crippen LogP contribution in [0.1, 0.15) is 26.7 Å². The van der Waals surface area contributed by atoms with E-state index < -0.39 is 23.1 Å². The molecule has 0 amide bonds. The molecule has 3 saturated heterocycles. The number of cyclic esters (lactones) is 1. The Hall–Kier alpha value is -1.70. The van der Waals surface area contributed by atoms with Crippen molar-refractivity contribution in [3.63, 3.8) is 0 Å². The first-order valence-corrected chi connectivity index (χ1v) is 8.71. The lowest BCUT2D eigenvalue weighted by Crippen LogP contribution is -2.40. The maximum absolute atomic E-state index is 12.7. The number of esters is 2. The molecule has 1 unspecified atom stereocenters. The number of fused-ring (bicyclic) bond motifs is 1. The van der Waals surface area contributed by atoms with Crippen molar-refractivity contribution in [1.29, 1.82) is 0 Å². The highest BCUT2D eigenvalue weighted by Crippen LogP contribution is 2.52. The van der Waals surface area contributed by atoms with Crippen molar-refractivity contribution in [2.75, 3.05) is 26.3 Å². The summed E-state index contributed by atoms with van der Waals surface area (Å²) in [6.45, 7) is 4.76. The molecule has 136 valence electrons. The van der Waals surface area contributed by atoms with Gasteiger partial charge >= 0.3 is 11.9 Å². The fourth-order valence-corrected chi connectivity index (χ4v) is 4.26. The van der Waals surface area contributed by atoms with Crippen molar-refractivity contribution in [1.82, 2.24) is 4.90 Å². The van der Waals surface area contributed by atoms with Crippen molar-refractivity contribution < 1.29 is 28.9 Å². The van der Waals surface area contributed by atoms with E-state index in [4.69, 9.17) is 14.2 Å². The maximum atomic E-state index is 12.7. The Morgan fingerprint density at radius 2 is 2.24 bits per heavy atom. The maximum Gasteiger partial charge on any atom is 0.341 e. The average molecular weight is 349 g/mol. The van der Waals surface area contributed by atoms with Gasteiger partial charge in [0.2, 0.25) is 0 Å². The number of carbonyl (C=O) groups excluding carboxylic acids is 2. The molecule has 1 N–H and O–H groups in total. The van der Waals surface area contributed by atoms with E-state index in [1.165, 1.54) is 0 Å². The zero-order chi connectivity index (χ0) is 17.8. The summed E-state index contributed by atoms with van der Waals surface area (Å²) in [6.07, 6.45) is 4.34. The second-order valence-electron chi connectivity index (χ2n) is 7.31. The number of nitrogens with zero attached hydrogens (tertiary/aromatic N) is 1. The fourth-order valence-electron chi connectivity index (χ4n) is 4.26. The van der Waals surface area contributed by atoms with Crippen LogP contribution in [0.3, 0.4) is 0 Å². The number of allylic oxidation sites excluding steroid dienone is 1. The second kappa shape index (κ2) is 5.65. The Bertz CT molecular complexity index is 685. The molecule has 4 aliphatic heterocycles. The van der Waals surface area contributed by atoms with Crippen LogP contribution in [0.25, 0.3) is 0 Å². The van der Waals surface area contributed by atoms with E-state index in [9.17, 15) is 14.7 Å². The number of carbonyl (C=O) groups is 2. The topological polar surface area (TPSA) is 88.6 Å². The molecule has 7 heteroatoms. The normalized spacial score (nSPS) is 42.7. The molecular weight excluding hydrogens is 326 g/mol. The third kappa shape index (κ3) is 2.37. The van der Waals surface area contributed by atoms with E-state index in [0.717, 1.165) is 25.1 Å². The summed E-state index contributed by atoms with van der Waals surface area (Å²) in [4.78, 5) is 27.5. The number of aliphatic hydroxyl groups is 1. The SMILES string of the molecule is C/C=C1/CC2(CO)O[C@@]2(C)C(=O)OCC2=CCN3CC[C@@H](OC1=O)[C@@H]23. The molecule has 4 rings (SSSR count). The van der Waals surface area contributed by atoms with Crippen molar-refractivity contribution in [3.8, 4) is 0 Å². The standard InChI is InChI=1S/C18H23NO6/c1-3-11-8-18(10-20)17(2,25-18)16(22)23-9-12-4-6-19-7-5-13(14(12)19)24-15(11)21/h3-4,13-14,20H,5-10H2,1-2H3/b11-3-/t13-,14-,17+,18?/m1/s1. The summed E-state index contributed by atoms with van der Waals surface area (Å²) in [5.41, 5.74) is -1.00. The molecule has 0 aliphatic carbocycles. The van der Waals surface area contributed by atoms with Gasteiger partial charge in [-0.2, -0.15) is 0 Å². The average Bonchev–Trinajstić information content (AvgIpc) is 2.90. The van der Waals surface area contributed by atoms with Gasteiger partial charge in [0, 0.05) is 25.1 Å². The van der Waals surface area contributed by atoms with Crippen LogP contribution in [0.15, 0.2) is 23.3 Å². The lowest BCUT2D eigenvalue weighted by molar-refractivity contribution is -0.150. The van der Waals surface area contributed by atoms with Crippen LogP contribution in [0.4, 0.5) is 0 Å². The van der Waals surface area contributed by atoms with Gasteiger partial charge in [-0.25, -0.2) is 9.59 Å². The highest BCUT2D eigenvalue weighted by atomic mass is 16.7. The smallest absolute Gasteiger partial charge is 0.341 e. The Kier molecular flexibility index (Phi) is 3.79. The van der Waals surface area contributed by atoms with E-state index in [2.05, 4.69) is 4.90 Å². The van der Waals surface area contributed by atoms with E-state index in [0.29, 0.717) is 5.57 Å². The van der Waals surface area contributed by atoms with Crippen LogP contribution in [0.2, 0.25) is 0 Å². The van der Waals surface area contributed by atoms with Gasteiger partial charge in [0.1, 0.15) is 18.3 Å². The first kappa shape index (κ1) is 16.8. The Morgan fingerprint density at radius 1 is 1.44 bits per heavy atom. The van der Waals surface area contributed by atoms with E-state index in [-0.39, 0.29) is 31.8 Å². The van der Waals surface area contributed by atoms with Crippen LogP contribution in [0.5, 0.6) is 0 Å². The lowest BCUT2D eigenvalue weighted by atomic mass is 9.88. The molecule has 0 spiro atoms. The van der Waals surface area contributed by atoms with Crippen LogP contribution in [-0.2, 0) is 23.8 Å². The largest absolute Gasteiger partial charge is 0.459 e. The molecule has 3 fully saturated rings. The highest BCUT2D eigenvalue weighted by Gasteiger charge is 2.73.